The van der Waals surface area contributed by atoms with Gasteiger partial charge in [0.1, 0.15) is 11.6 Å². The van der Waals surface area contributed by atoms with Crippen LogP contribution in [0.3, 0.4) is 0 Å². The highest BCUT2D eigenvalue weighted by atomic mass is 16.3. The van der Waals surface area contributed by atoms with Crippen LogP contribution in [0.5, 0.6) is 0 Å². The smallest absolute Gasteiger partial charge is 0.129 e. The lowest BCUT2D eigenvalue weighted by Gasteiger charge is -2.07. The van der Waals surface area contributed by atoms with Crippen molar-refractivity contribution in [1.29, 1.82) is 0 Å². The van der Waals surface area contributed by atoms with Gasteiger partial charge < -0.3 is 10.4 Å². The molecular formula is C15H19N3O. The molecule has 4 nitrogen and oxygen atoms in total. The van der Waals surface area contributed by atoms with Gasteiger partial charge in [-0.05, 0) is 31.4 Å². The molecule has 2 N–H and O–H groups in total. The molecule has 0 amide bonds. The van der Waals surface area contributed by atoms with Gasteiger partial charge in [-0.25, -0.2) is 9.97 Å². The summed E-state index contributed by atoms with van der Waals surface area (Å²) in [5.74, 6) is 1.66. The summed E-state index contributed by atoms with van der Waals surface area (Å²) in [6.45, 7) is 4.78. The first kappa shape index (κ1) is 13.5. The van der Waals surface area contributed by atoms with Gasteiger partial charge in [-0.1, -0.05) is 24.3 Å². The molecule has 0 aliphatic rings. The van der Waals surface area contributed by atoms with E-state index in [0.717, 1.165) is 35.9 Å². The number of aromatic nitrogens is 2. The van der Waals surface area contributed by atoms with E-state index in [0.29, 0.717) is 0 Å². The summed E-state index contributed by atoms with van der Waals surface area (Å²) in [5, 5.41) is 12.3. The molecule has 0 unspecified atom stereocenters. The summed E-state index contributed by atoms with van der Waals surface area (Å²) < 4.78 is 0. The summed E-state index contributed by atoms with van der Waals surface area (Å²) in [5.41, 5.74) is 3.16. The minimum absolute atomic E-state index is 0.0953. The highest BCUT2D eigenvalue weighted by Gasteiger charge is 1.99. The zero-order chi connectivity index (χ0) is 13.7. The maximum absolute atomic E-state index is 8.98. The molecule has 1 aromatic carbocycles. The molecule has 0 saturated heterocycles. The molecule has 0 atom stereocenters. The van der Waals surface area contributed by atoms with Crippen LogP contribution in [0.15, 0.2) is 30.3 Å². The molecule has 0 radical (unpaired) electrons. The molecule has 1 aromatic heterocycles. The van der Waals surface area contributed by atoms with E-state index in [1.807, 2.05) is 44.2 Å². The van der Waals surface area contributed by atoms with Crippen molar-refractivity contribution >= 4 is 5.82 Å². The van der Waals surface area contributed by atoms with Crippen molar-refractivity contribution in [2.24, 2.45) is 0 Å². The first-order chi connectivity index (χ1) is 9.17. The molecule has 100 valence electrons. The Balaban J connectivity index is 1.88. The van der Waals surface area contributed by atoms with E-state index in [1.54, 1.807) is 0 Å². The Morgan fingerprint density at radius 3 is 2.37 bits per heavy atom. The maximum atomic E-state index is 8.98. The number of benzene rings is 1. The first-order valence-corrected chi connectivity index (χ1v) is 6.42. The van der Waals surface area contributed by atoms with Crippen molar-refractivity contribution in [2.45, 2.75) is 26.9 Å². The lowest BCUT2D eigenvalue weighted by molar-refractivity contribution is 0.282. The summed E-state index contributed by atoms with van der Waals surface area (Å²) >= 11 is 0. The van der Waals surface area contributed by atoms with Gasteiger partial charge >= 0.3 is 0 Å². The third kappa shape index (κ3) is 4.03. The average molecular weight is 257 g/mol. The average Bonchev–Trinajstić information content (AvgIpc) is 2.38. The molecule has 0 fully saturated rings. The van der Waals surface area contributed by atoms with Crippen molar-refractivity contribution < 1.29 is 5.11 Å². The fourth-order valence-corrected chi connectivity index (χ4v) is 1.95. The largest absolute Gasteiger partial charge is 0.392 e. The van der Waals surface area contributed by atoms with Crippen molar-refractivity contribution in [3.8, 4) is 0 Å². The normalized spacial score (nSPS) is 10.5. The third-order valence-electron chi connectivity index (χ3n) is 2.89. The fraction of sp³-hybridized carbons (Fsp3) is 0.333. The molecule has 1 heterocycles. The molecule has 0 spiro atoms. The second kappa shape index (κ2) is 6.29. The van der Waals surface area contributed by atoms with Gasteiger partial charge in [0.2, 0.25) is 0 Å². The number of aliphatic hydroxyl groups excluding tert-OH is 1. The molecule has 2 aromatic rings. The molecule has 4 heteroatoms. The Kier molecular flexibility index (Phi) is 4.47. The zero-order valence-electron chi connectivity index (χ0n) is 11.3. The Hall–Kier alpha value is -1.94. The van der Waals surface area contributed by atoms with E-state index in [4.69, 9.17) is 5.11 Å². The van der Waals surface area contributed by atoms with Gasteiger partial charge in [-0.3, -0.25) is 0 Å². The Labute approximate surface area is 113 Å². The summed E-state index contributed by atoms with van der Waals surface area (Å²) in [6.07, 6.45) is 0.924. The molecular weight excluding hydrogens is 238 g/mol. The lowest BCUT2D eigenvalue weighted by Crippen LogP contribution is -2.08. The van der Waals surface area contributed by atoms with E-state index < -0.39 is 0 Å². The van der Waals surface area contributed by atoms with Gasteiger partial charge in [0.15, 0.2) is 0 Å². The molecule has 0 aliphatic heterocycles. The topological polar surface area (TPSA) is 58.0 Å². The number of aliphatic hydroxyl groups is 1. The Morgan fingerprint density at radius 2 is 1.74 bits per heavy atom. The fourth-order valence-electron chi connectivity index (χ4n) is 1.95. The van der Waals surface area contributed by atoms with Gasteiger partial charge in [0.25, 0.3) is 0 Å². The quantitative estimate of drug-likeness (QED) is 0.862. The molecule has 0 saturated carbocycles. The van der Waals surface area contributed by atoms with Crippen LogP contribution in [-0.2, 0) is 13.0 Å². The van der Waals surface area contributed by atoms with Crippen LogP contribution in [0.25, 0.3) is 0 Å². The molecule has 0 aliphatic carbocycles. The van der Waals surface area contributed by atoms with Gasteiger partial charge in [0, 0.05) is 18.3 Å². The van der Waals surface area contributed by atoms with E-state index in [2.05, 4.69) is 15.3 Å². The highest BCUT2D eigenvalue weighted by molar-refractivity contribution is 5.36. The van der Waals surface area contributed by atoms with E-state index >= 15 is 0 Å². The van der Waals surface area contributed by atoms with Crippen LogP contribution in [0.4, 0.5) is 5.82 Å². The van der Waals surface area contributed by atoms with Crippen LogP contribution in [0, 0.1) is 13.8 Å². The first-order valence-electron chi connectivity index (χ1n) is 6.42. The maximum Gasteiger partial charge on any atom is 0.129 e. The van der Waals surface area contributed by atoms with Crippen LogP contribution < -0.4 is 5.32 Å². The van der Waals surface area contributed by atoms with Gasteiger partial charge in [0.05, 0.1) is 6.61 Å². The minimum atomic E-state index is 0.0953. The molecule has 0 bridgehead atoms. The Bertz CT molecular complexity index is 517. The molecule has 19 heavy (non-hydrogen) atoms. The summed E-state index contributed by atoms with van der Waals surface area (Å²) in [6, 6.07) is 9.94. The summed E-state index contributed by atoms with van der Waals surface area (Å²) in [7, 11) is 0. The standard InChI is InChI=1S/C15H19N3O/c1-11-9-15(18-12(2)17-11)16-8-7-13-3-5-14(10-19)6-4-13/h3-6,9,19H,7-8,10H2,1-2H3,(H,16,17,18). The van der Waals surface area contributed by atoms with E-state index in [1.165, 1.54) is 5.56 Å². The van der Waals surface area contributed by atoms with Crippen LogP contribution in [0.1, 0.15) is 22.6 Å². The third-order valence-corrected chi connectivity index (χ3v) is 2.89. The highest BCUT2D eigenvalue weighted by Crippen LogP contribution is 2.08. The van der Waals surface area contributed by atoms with E-state index in [9.17, 15) is 0 Å². The predicted octanol–water partition coefficient (Wildman–Crippen LogP) is 2.24. The number of rotatable bonds is 5. The number of nitrogens with one attached hydrogen (secondary N) is 1. The van der Waals surface area contributed by atoms with E-state index in [-0.39, 0.29) is 6.61 Å². The van der Waals surface area contributed by atoms with Gasteiger partial charge in [-0.2, -0.15) is 0 Å². The lowest BCUT2D eigenvalue weighted by atomic mass is 10.1. The number of hydrogen-bond acceptors (Lipinski definition) is 4. The van der Waals surface area contributed by atoms with Crippen molar-refractivity contribution in [3.63, 3.8) is 0 Å². The number of hydrogen-bond donors (Lipinski definition) is 2. The van der Waals surface area contributed by atoms with Crippen molar-refractivity contribution in [3.05, 3.63) is 53.0 Å². The second-order valence-corrected chi connectivity index (χ2v) is 4.59. The van der Waals surface area contributed by atoms with Crippen LogP contribution in [-0.4, -0.2) is 21.6 Å². The predicted molar refractivity (Wildman–Crippen MR) is 76.1 cm³/mol. The summed E-state index contributed by atoms with van der Waals surface area (Å²) in [4.78, 5) is 8.58. The SMILES string of the molecule is Cc1cc(NCCc2ccc(CO)cc2)nc(C)n1. The Morgan fingerprint density at radius 1 is 1.05 bits per heavy atom. The monoisotopic (exact) mass is 257 g/mol. The van der Waals surface area contributed by atoms with Crippen molar-refractivity contribution in [1.82, 2.24) is 9.97 Å². The van der Waals surface area contributed by atoms with Gasteiger partial charge in [-0.15, -0.1) is 0 Å². The molecule has 2 rings (SSSR count). The second-order valence-electron chi connectivity index (χ2n) is 4.59. The van der Waals surface area contributed by atoms with Crippen molar-refractivity contribution in [2.75, 3.05) is 11.9 Å². The number of aryl methyl sites for hydroxylation is 2. The van der Waals surface area contributed by atoms with Crippen LogP contribution in [0.2, 0.25) is 0 Å². The number of nitrogens with zero attached hydrogens (tertiary/aromatic N) is 2. The number of anilines is 1. The zero-order valence-corrected chi connectivity index (χ0v) is 11.3. The van der Waals surface area contributed by atoms with Crippen LogP contribution >= 0.6 is 0 Å². The minimum Gasteiger partial charge on any atom is -0.392 e.